The number of carbonyl (C=O) groups excluding carboxylic acids is 1. The maximum Gasteiger partial charge on any atom is 0.246 e. The van der Waals surface area contributed by atoms with Crippen molar-refractivity contribution in [3.63, 3.8) is 0 Å². The zero-order valence-corrected chi connectivity index (χ0v) is 9.65. The Bertz CT molecular complexity index is 297. The molecule has 2 fully saturated rings. The summed E-state index contributed by atoms with van der Waals surface area (Å²) in [7, 11) is 0. The van der Waals surface area contributed by atoms with Crippen molar-refractivity contribution < 1.29 is 4.79 Å². The zero-order valence-electron chi connectivity index (χ0n) is 9.65. The van der Waals surface area contributed by atoms with Gasteiger partial charge in [0.15, 0.2) is 0 Å². The van der Waals surface area contributed by atoms with E-state index in [4.69, 9.17) is 0 Å². The van der Waals surface area contributed by atoms with Gasteiger partial charge in [-0.3, -0.25) is 4.79 Å². The quantitative estimate of drug-likeness (QED) is 0.682. The number of carbonyl (C=O) groups is 1. The summed E-state index contributed by atoms with van der Waals surface area (Å²) in [6, 6.07) is 0. The van der Waals surface area contributed by atoms with E-state index in [2.05, 4.69) is 17.6 Å². The summed E-state index contributed by atoms with van der Waals surface area (Å²) < 4.78 is 0. The molecule has 3 heteroatoms. The molecule has 2 aliphatic rings. The number of rotatable bonds is 4. The summed E-state index contributed by atoms with van der Waals surface area (Å²) >= 11 is 0. The summed E-state index contributed by atoms with van der Waals surface area (Å²) in [6.45, 7) is 6.77. The van der Waals surface area contributed by atoms with Gasteiger partial charge in [-0.15, -0.1) is 0 Å². The van der Waals surface area contributed by atoms with Gasteiger partial charge in [0.05, 0.1) is 0 Å². The van der Waals surface area contributed by atoms with E-state index in [1.165, 1.54) is 24.8 Å². The average Bonchev–Trinajstić information content (AvgIpc) is 2.92. The molecule has 1 saturated heterocycles. The second-order valence-electron chi connectivity index (χ2n) is 4.87. The highest BCUT2D eigenvalue weighted by Crippen LogP contribution is 2.47. The number of nitrogens with one attached hydrogen (secondary N) is 2. The molecule has 1 heterocycles. The Morgan fingerprint density at radius 3 is 2.53 bits per heavy atom. The molecular formula is C12H20N2O. The zero-order chi connectivity index (χ0) is 10.9. The highest BCUT2D eigenvalue weighted by atomic mass is 16.1. The van der Waals surface area contributed by atoms with Crippen LogP contribution in [0.3, 0.4) is 0 Å². The van der Waals surface area contributed by atoms with Crippen LogP contribution >= 0.6 is 0 Å². The van der Waals surface area contributed by atoms with E-state index in [0.717, 1.165) is 25.2 Å². The Morgan fingerprint density at radius 2 is 2.13 bits per heavy atom. The van der Waals surface area contributed by atoms with Crippen molar-refractivity contribution in [2.45, 2.75) is 33.1 Å². The third-order valence-electron chi connectivity index (χ3n) is 3.88. The summed E-state index contributed by atoms with van der Waals surface area (Å²) in [5.74, 6) is 0.131. The predicted octanol–water partition coefficient (Wildman–Crippen LogP) is 1.21. The van der Waals surface area contributed by atoms with Crippen LogP contribution in [0.5, 0.6) is 0 Å². The minimum atomic E-state index is 0.131. The van der Waals surface area contributed by atoms with Crippen LogP contribution in [0.1, 0.15) is 33.1 Å². The summed E-state index contributed by atoms with van der Waals surface area (Å²) in [6.07, 6.45) is 3.74. The molecule has 0 aromatic carbocycles. The third-order valence-corrected chi connectivity index (χ3v) is 3.88. The van der Waals surface area contributed by atoms with E-state index in [1.807, 2.05) is 6.92 Å². The standard InChI is InChI=1S/C12H20N2O/c1-3-12(4-5-12)8-14-11(15)9(2)10-6-13-7-10/h13H,3-8H2,1-2H3,(H,14,15). The van der Waals surface area contributed by atoms with Gasteiger partial charge in [0.1, 0.15) is 0 Å². The first-order valence-electron chi connectivity index (χ1n) is 5.84. The van der Waals surface area contributed by atoms with Crippen LogP contribution in [0, 0.1) is 5.41 Å². The Hall–Kier alpha value is -0.830. The lowest BCUT2D eigenvalue weighted by Crippen LogP contribution is -2.38. The van der Waals surface area contributed by atoms with Crippen molar-refractivity contribution in [2.24, 2.45) is 5.41 Å². The van der Waals surface area contributed by atoms with Gasteiger partial charge in [-0.2, -0.15) is 0 Å². The van der Waals surface area contributed by atoms with Crippen LogP contribution < -0.4 is 10.6 Å². The molecule has 84 valence electrons. The molecule has 1 aliphatic carbocycles. The fourth-order valence-corrected chi connectivity index (χ4v) is 1.91. The summed E-state index contributed by atoms with van der Waals surface area (Å²) in [4.78, 5) is 11.8. The second-order valence-corrected chi connectivity index (χ2v) is 4.87. The molecule has 1 aliphatic heterocycles. The second kappa shape index (κ2) is 3.97. The molecule has 3 nitrogen and oxygen atoms in total. The number of hydrogen-bond acceptors (Lipinski definition) is 2. The van der Waals surface area contributed by atoms with Crippen molar-refractivity contribution in [2.75, 3.05) is 19.6 Å². The van der Waals surface area contributed by atoms with E-state index in [9.17, 15) is 4.79 Å². The molecule has 2 N–H and O–H groups in total. The highest BCUT2D eigenvalue weighted by molar-refractivity contribution is 5.94. The van der Waals surface area contributed by atoms with Crippen molar-refractivity contribution in [1.82, 2.24) is 10.6 Å². The lowest BCUT2D eigenvalue weighted by atomic mass is 10.0. The van der Waals surface area contributed by atoms with E-state index in [1.54, 1.807) is 0 Å². The highest BCUT2D eigenvalue weighted by Gasteiger charge is 2.40. The molecule has 0 bridgehead atoms. The summed E-state index contributed by atoms with van der Waals surface area (Å²) in [5, 5.41) is 6.22. The Morgan fingerprint density at radius 1 is 1.47 bits per heavy atom. The first kappa shape index (κ1) is 10.7. The van der Waals surface area contributed by atoms with Crippen molar-refractivity contribution >= 4 is 5.91 Å². The number of amides is 1. The van der Waals surface area contributed by atoms with Crippen molar-refractivity contribution in [1.29, 1.82) is 0 Å². The van der Waals surface area contributed by atoms with Gasteiger partial charge < -0.3 is 10.6 Å². The van der Waals surface area contributed by atoms with E-state index >= 15 is 0 Å². The monoisotopic (exact) mass is 208 g/mol. The van der Waals surface area contributed by atoms with E-state index in [-0.39, 0.29) is 5.91 Å². The minimum absolute atomic E-state index is 0.131. The SMILES string of the molecule is CCC1(CNC(=O)C(C)=C2CNC2)CC1. The van der Waals surface area contributed by atoms with Crippen LogP contribution in [-0.4, -0.2) is 25.5 Å². The fourth-order valence-electron chi connectivity index (χ4n) is 1.91. The van der Waals surface area contributed by atoms with Gasteiger partial charge >= 0.3 is 0 Å². The fraction of sp³-hybridized carbons (Fsp3) is 0.750. The van der Waals surface area contributed by atoms with Gasteiger partial charge in [0, 0.05) is 25.2 Å². The van der Waals surface area contributed by atoms with Crippen LogP contribution in [-0.2, 0) is 4.79 Å². The van der Waals surface area contributed by atoms with Gasteiger partial charge in [-0.05, 0) is 37.2 Å². The maximum atomic E-state index is 11.8. The van der Waals surface area contributed by atoms with Crippen LogP contribution in [0.2, 0.25) is 0 Å². The molecule has 0 aromatic heterocycles. The molecule has 0 radical (unpaired) electrons. The van der Waals surface area contributed by atoms with Crippen molar-refractivity contribution in [3.05, 3.63) is 11.1 Å². The summed E-state index contributed by atoms with van der Waals surface area (Å²) in [5.41, 5.74) is 2.62. The molecule has 2 rings (SSSR count). The van der Waals surface area contributed by atoms with Crippen molar-refractivity contribution in [3.8, 4) is 0 Å². The van der Waals surface area contributed by atoms with Crippen LogP contribution in [0.15, 0.2) is 11.1 Å². The van der Waals surface area contributed by atoms with Gasteiger partial charge in [-0.1, -0.05) is 6.92 Å². The first-order chi connectivity index (χ1) is 7.17. The lowest BCUT2D eigenvalue weighted by Gasteiger charge is -2.22. The number of hydrogen-bond donors (Lipinski definition) is 2. The Kier molecular flexibility index (Phi) is 2.83. The van der Waals surface area contributed by atoms with Gasteiger partial charge in [0.2, 0.25) is 5.91 Å². The van der Waals surface area contributed by atoms with E-state index < -0.39 is 0 Å². The smallest absolute Gasteiger partial charge is 0.246 e. The van der Waals surface area contributed by atoms with E-state index in [0.29, 0.717) is 5.41 Å². The van der Waals surface area contributed by atoms with Crippen LogP contribution in [0.4, 0.5) is 0 Å². The normalized spacial score (nSPS) is 21.9. The minimum Gasteiger partial charge on any atom is -0.352 e. The van der Waals surface area contributed by atoms with Gasteiger partial charge in [-0.25, -0.2) is 0 Å². The van der Waals surface area contributed by atoms with Gasteiger partial charge in [0.25, 0.3) is 0 Å². The molecule has 1 saturated carbocycles. The molecule has 0 aromatic rings. The first-order valence-corrected chi connectivity index (χ1v) is 5.84. The predicted molar refractivity (Wildman–Crippen MR) is 60.5 cm³/mol. The molecule has 15 heavy (non-hydrogen) atoms. The molecular weight excluding hydrogens is 188 g/mol. The van der Waals surface area contributed by atoms with Crippen LogP contribution in [0.25, 0.3) is 0 Å². The largest absolute Gasteiger partial charge is 0.352 e. The molecule has 0 atom stereocenters. The topological polar surface area (TPSA) is 41.1 Å². The molecule has 1 amide bonds. The molecule has 0 spiro atoms. The Balaban J connectivity index is 1.82. The lowest BCUT2D eigenvalue weighted by molar-refractivity contribution is -0.117. The third kappa shape index (κ3) is 2.23. The molecule has 0 unspecified atom stereocenters. The average molecular weight is 208 g/mol. The Labute approximate surface area is 91.3 Å². The maximum absolute atomic E-state index is 11.8.